The van der Waals surface area contributed by atoms with Crippen LogP contribution in [0.2, 0.25) is 0 Å². The molecule has 18 heavy (non-hydrogen) atoms. The van der Waals surface area contributed by atoms with Crippen LogP contribution in [0, 0.1) is 11.3 Å². The molecule has 2 saturated heterocycles. The molecule has 0 aromatic rings. The molecule has 2 aliphatic heterocycles. The Kier molecular flexibility index (Phi) is 3.31. The largest absolute Gasteiger partial charge is 0.372 e. The van der Waals surface area contributed by atoms with Gasteiger partial charge in [-0.05, 0) is 45.6 Å². The van der Waals surface area contributed by atoms with Gasteiger partial charge in [0.15, 0.2) is 0 Å². The smallest absolute Gasteiger partial charge is 0.108 e. The van der Waals surface area contributed by atoms with Crippen LogP contribution in [-0.4, -0.2) is 48.8 Å². The van der Waals surface area contributed by atoms with Crippen LogP contribution in [0.4, 0.5) is 0 Å². The third-order valence-corrected chi connectivity index (χ3v) is 5.01. The Morgan fingerprint density at radius 2 is 2.00 bits per heavy atom. The van der Waals surface area contributed by atoms with E-state index in [0.717, 1.165) is 32.4 Å². The third kappa shape index (κ3) is 2.16. The number of nitrogens with zero attached hydrogens (tertiary/aromatic N) is 2. The minimum atomic E-state index is -0.291. The molecule has 3 fully saturated rings. The highest BCUT2D eigenvalue weighted by Gasteiger charge is 2.41. The van der Waals surface area contributed by atoms with Crippen molar-refractivity contribution in [3.05, 3.63) is 0 Å². The summed E-state index contributed by atoms with van der Waals surface area (Å²) in [7, 11) is 1.93. The van der Waals surface area contributed by atoms with Crippen LogP contribution in [0.1, 0.15) is 38.5 Å². The molecule has 0 radical (unpaired) electrons. The van der Waals surface area contributed by atoms with Gasteiger partial charge < -0.3 is 10.1 Å². The summed E-state index contributed by atoms with van der Waals surface area (Å²) in [6.45, 7) is 2.15. The molecule has 3 rings (SSSR count). The zero-order chi connectivity index (χ0) is 12.6. The number of ether oxygens (including phenoxy) is 1. The zero-order valence-electron chi connectivity index (χ0n) is 11.2. The van der Waals surface area contributed by atoms with E-state index in [1.54, 1.807) is 0 Å². The number of morpholine rings is 1. The van der Waals surface area contributed by atoms with E-state index in [0.29, 0.717) is 18.2 Å². The molecule has 1 aliphatic carbocycles. The van der Waals surface area contributed by atoms with E-state index in [1.165, 1.54) is 19.3 Å². The lowest BCUT2D eigenvalue weighted by Gasteiger charge is -2.44. The summed E-state index contributed by atoms with van der Waals surface area (Å²) < 4.78 is 5.90. The van der Waals surface area contributed by atoms with Crippen molar-refractivity contribution >= 4 is 0 Å². The van der Waals surface area contributed by atoms with Gasteiger partial charge >= 0.3 is 0 Å². The van der Waals surface area contributed by atoms with Gasteiger partial charge in [-0.25, -0.2) is 0 Å². The van der Waals surface area contributed by atoms with Gasteiger partial charge in [0.25, 0.3) is 0 Å². The van der Waals surface area contributed by atoms with Crippen LogP contribution < -0.4 is 5.32 Å². The molecule has 3 aliphatic rings. The maximum atomic E-state index is 9.42. The second kappa shape index (κ2) is 4.80. The van der Waals surface area contributed by atoms with Crippen molar-refractivity contribution in [1.29, 1.82) is 5.26 Å². The monoisotopic (exact) mass is 249 g/mol. The van der Waals surface area contributed by atoms with Crippen molar-refractivity contribution in [3.63, 3.8) is 0 Å². The van der Waals surface area contributed by atoms with E-state index in [1.807, 2.05) is 7.05 Å². The first kappa shape index (κ1) is 12.4. The highest BCUT2D eigenvalue weighted by atomic mass is 16.5. The van der Waals surface area contributed by atoms with Gasteiger partial charge in [0.05, 0.1) is 18.3 Å². The Morgan fingerprint density at radius 3 is 2.61 bits per heavy atom. The van der Waals surface area contributed by atoms with Gasteiger partial charge in [0, 0.05) is 19.1 Å². The van der Waals surface area contributed by atoms with E-state index in [9.17, 15) is 5.26 Å². The molecule has 0 aromatic heterocycles. The second-order valence-corrected chi connectivity index (χ2v) is 6.11. The molecule has 4 nitrogen and oxygen atoms in total. The lowest BCUT2D eigenvalue weighted by atomic mass is 9.79. The highest BCUT2D eigenvalue weighted by Crippen LogP contribution is 2.34. The van der Waals surface area contributed by atoms with Crippen LogP contribution >= 0.6 is 0 Å². The molecular weight excluding hydrogens is 226 g/mol. The van der Waals surface area contributed by atoms with Crippen molar-refractivity contribution in [2.45, 2.75) is 62.3 Å². The van der Waals surface area contributed by atoms with Crippen LogP contribution in [0.15, 0.2) is 0 Å². The fraction of sp³-hybridized carbons (Fsp3) is 0.929. The summed E-state index contributed by atoms with van der Waals surface area (Å²) in [5.74, 6) is 0. The van der Waals surface area contributed by atoms with Gasteiger partial charge in [0.2, 0.25) is 0 Å². The highest BCUT2D eigenvalue weighted by molar-refractivity contribution is 5.11. The molecule has 4 unspecified atom stereocenters. The predicted molar refractivity (Wildman–Crippen MR) is 69.1 cm³/mol. The molecule has 2 heterocycles. The van der Waals surface area contributed by atoms with Crippen molar-refractivity contribution in [2.75, 3.05) is 20.1 Å². The number of likely N-dealkylation sites (tertiary alicyclic amines) is 1. The number of hydrogen-bond acceptors (Lipinski definition) is 4. The maximum Gasteiger partial charge on any atom is 0.108 e. The Bertz CT molecular complexity index is 341. The molecule has 0 aromatic carbocycles. The number of hydrogen-bond donors (Lipinski definition) is 1. The van der Waals surface area contributed by atoms with Crippen LogP contribution in [0.25, 0.3) is 0 Å². The summed E-state index contributed by atoms with van der Waals surface area (Å²) in [4.78, 5) is 2.59. The standard InChI is InChI=1S/C14H23N3O/c1-16-14(10-15)6-2-3-11(7-14)17-8-12-4-5-13(9-17)18-12/h11-13,16H,2-9H2,1H3. The second-order valence-electron chi connectivity index (χ2n) is 6.11. The minimum absolute atomic E-state index is 0.291. The van der Waals surface area contributed by atoms with Gasteiger partial charge in [-0.15, -0.1) is 0 Å². The Balaban J connectivity index is 1.67. The lowest BCUT2D eigenvalue weighted by Crippen LogP contribution is -2.55. The van der Waals surface area contributed by atoms with Gasteiger partial charge in [-0.2, -0.15) is 5.26 Å². The van der Waals surface area contributed by atoms with Crippen molar-refractivity contribution < 1.29 is 4.74 Å². The summed E-state index contributed by atoms with van der Waals surface area (Å²) in [6.07, 6.45) is 7.73. The van der Waals surface area contributed by atoms with Crippen molar-refractivity contribution in [3.8, 4) is 6.07 Å². The molecule has 0 spiro atoms. The van der Waals surface area contributed by atoms with Crippen molar-refractivity contribution in [1.82, 2.24) is 10.2 Å². The first-order valence-corrected chi connectivity index (χ1v) is 7.24. The van der Waals surface area contributed by atoms with E-state index in [4.69, 9.17) is 4.74 Å². The summed E-state index contributed by atoms with van der Waals surface area (Å²) in [5.41, 5.74) is -0.291. The normalized spacial score (nSPS) is 44.8. The van der Waals surface area contributed by atoms with Crippen LogP contribution in [0.3, 0.4) is 0 Å². The first-order valence-electron chi connectivity index (χ1n) is 7.24. The van der Waals surface area contributed by atoms with Crippen LogP contribution in [-0.2, 0) is 4.74 Å². The van der Waals surface area contributed by atoms with Crippen molar-refractivity contribution in [2.24, 2.45) is 0 Å². The zero-order valence-corrected chi connectivity index (χ0v) is 11.2. The molecule has 4 heteroatoms. The SMILES string of the molecule is CNC1(C#N)CCCC(N2CC3CCC(C2)O3)C1. The van der Waals surface area contributed by atoms with E-state index in [-0.39, 0.29) is 5.54 Å². The molecular formula is C14H23N3O. The molecule has 1 saturated carbocycles. The Morgan fingerprint density at radius 1 is 1.28 bits per heavy atom. The minimum Gasteiger partial charge on any atom is -0.372 e. The fourth-order valence-electron chi connectivity index (χ4n) is 3.89. The topological polar surface area (TPSA) is 48.3 Å². The molecule has 1 N–H and O–H groups in total. The average molecular weight is 249 g/mol. The summed E-state index contributed by atoms with van der Waals surface area (Å²) in [5, 5.41) is 12.7. The van der Waals surface area contributed by atoms with Gasteiger partial charge in [-0.3, -0.25) is 4.90 Å². The van der Waals surface area contributed by atoms with E-state index >= 15 is 0 Å². The summed E-state index contributed by atoms with van der Waals surface area (Å²) in [6, 6.07) is 3.07. The van der Waals surface area contributed by atoms with Gasteiger partial charge in [-0.1, -0.05) is 0 Å². The number of fused-ring (bicyclic) bond motifs is 2. The quantitative estimate of drug-likeness (QED) is 0.801. The Labute approximate surface area is 109 Å². The predicted octanol–water partition coefficient (Wildman–Crippen LogP) is 1.27. The fourth-order valence-corrected chi connectivity index (χ4v) is 3.89. The number of nitrogens with one attached hydrogen (secondary N) is 1. The average Bonchev–Trinajstić information content (AvgIpc) is 2.77. The number of rotatable bonds is 2. The lowest BCUT2D eigenvalue weighted by molar-refractivity contribution is -0.0606. The molecule has 2 bridgehead atoms. The molecule has 0 amide bonds. The summed E-state index contributed by atoms with van der Waals surface area (Å²) >= 11 is 0. The first-order chi connectivity index (χ1) is 8.74. The van der Waals surface area contributed by atoms with E-state index in [2.05, 4.69) is 16.3 Å². The maximum absolute atomic E-state index is 9.42. The molecule has 4 atom stereocenters. The number of nitriles is 1. The van der Waals surface area contributed by atoms with Crippen LogP contribution in [0.5, 0.6) is 0 Å². The van der Waals surface area contributed by atoms with Gasteiger partial charge in [0.1, 0.15) is 5.54 Å². The molecule has 100 valence electrons. The van der Waals surface area contributed by atoms with E-state index < -0.39 is 0 Å². The Hall–Kier alpha value is -0.630. The third-order valence-electron chi connectivity index (χ3n) is 5.01.